The number of amides is 1. The van der Waals surface area contributed by atoms with Gasteiger partial charge < -0.3 is 23.5 Å². The molecule has 0 aliphatic carbocycles. The summed E-state index contributed by atoms with van der Waals surface area (Å²) in [7, 11) is 1.49. The van der Waals surface area contributed by atoms with Crippen molar-refractivity contribution in [3.63, 3.8) is 0 Å². The second-order valence-corrected chi connectivity index (χ2v) is 12.1. The van der Waals surface area contributed by atoms with Crippen LogP contribution in [0.4, 0.5) is 5.69 Å². The Labute approximate surface area is 274 Å². The van der Waals surface area contributed by atoms with Gasteiger partial charge in [0.15, 0.2) is 4.80 Å². The van der Waals surface area contributed by atoms with Crippen LogP contribution >= 0.6 is 27.3 Å². The molecule has 0 spiro atoms. The van der Waals surface area contributed by atoms with Gasteiger partial charge in [-0.3, -0.25) is 14.2 Å². The van der Waals surface area contributed by atoms with Crippen molar-refractivity contribution in [3.8, 4) is 5.75 Å². The highest BCUT2D eigenvalue weighted by Crippen LogP contribution is 2.37. The average molecular weight is 705 g/mol. The molecule has 234 valence electrons. The number of methoxy groups -OCH3 is 1. The Morgan fingerprint density at radius 1 is 1.11 bits per heavy atom. The number of allylic oxidation sites excluding steroid dienone is 1. The van der Waals surface area contributed by atoms with Crippen molar-refractivity contribution in [2.24, 2.45) is 4.99 Å². The highest BCUT2D eigenvalue weighted by molar-refractivity contribution is 9.10. The summed E-state index contributed by atoms with van der Waals surface area (Å²) in [6.07, 6.45) is 2.99. The predicted molar refractivity (Wildman–Crippen MR) is 172 cm³/mol. The van der Waals surface area contributed by atoms with E-state index in [-0.39, 0.29) is 52.9 Å². The third-order valence-corrected chi connectivity index (χ3v) is 8.93. The molecule has 0 N–H and O–H groups in total. The van der Waals surface area contributed by atoms with Crippen LogP contribution in [0.5, 0.6) is 5.75 Å². The molecular formula is C33H26BrN3O8S. The van der Waals surface area contributed by atoms with Crippen molar-refractivity contribution in [3.05, 3.63) is 126 Å². The number of carbonyl (C=O) groups is 3. The quantitative estimate of drug-likeness (QED) is 0.111. The lowest BCUT2D eigenvalue weighted by molar-refractivity contribution is -0.140. The smallest absolute Gasteiger partial charge is 0.379 e. The van der Waals surface area contributed by atoms with Gasteiger partial charge in [-0.05, 0) is 55.0 Å². The Morgan fingerprint density at radius 3 is 2.59 bits per heavy atom. The van der Waals surface area contributed by atoms with Crippen molar-refractivity contribution in [1.29, 1.82) is 0 Å². The van der Waals surface area contributed by atoms with Crippen LogP contribution in [-0.2, 0) is 19.1 Å². The molecule has 0 saturated carbocycles. The molecular weight excluding hydrogens is 678 g/mol. The number of ether oxygens (including phenoxy) is 3. The maximum atomic E-state index is 14.4. The van der Waals surface area contributed by atoms with Crippen LogP contribution in [0.1, 0.15) is 34.6 Å². The highest BCUT2D eigenvalue weighted by Gasteiger charge is 2.37. The van der Waals surface area contributed by atoms with Crippen molar-refractivity contribution >= 4 is 56.4 Å². The monoisotopic (exact) mass is 703 g/mol. The number of thiazole rings is 1. The van der Waals surface area contributed by atoms with Crippen molar-refractivity contribution in [1.82, 2.24) is 4.57 Å². The highest BCUT2D eigenvalue weighted by atomic mass is 79.9. The molecule has 6 rings (SSSR count). The Morgan fingerprint density at radius 2 is 1.89 bits per heavy atom. The van der Waals surface area contributed by atoms with Crippen LogP contribution in [0.3, 0.4) is 0 Å². The zero-order valence-electron chi connectivity index (χ0n) is 24.7. The minimum Gasteiger partial charge on any atom is -0.460 e. The molecule has 2 aliphatic rings. The van der Waals surface area contributed by atoms with E-state index < -0.39 is 23.5 Å². The molecule has 0 fully saturated rings. The molecule has 4 aromatic rings. The molecule has 0 radical (unpaired) electrons. The second-order valence-electron chi connectivity index (χ2n) is 10.2. The Kier molecular flexibility index (Phi) is 8.71. The molecule has 0 saturated heterocycles. The summed E-state index contributed by atoms with van der Waals surface area (Å²) in [4.78, 5) is 60.6. The molecule has 2 aromatic heterocycles. The molecule has 1 amide bonds. The summed E-state index contributed by atoms with van der Waals surface area (Å²) in [6, 6.07) is 13.9. The van der Waals surface area contributed by atoms with Gasteiger partial charge in [0, 0.05) is 23.7 Å². The molecule has 4 heterocycles. The third kappa shape index (κ3) is 5.57. The molecule has 2 aliphatic heterocycles. The standard InChI is InChI=1S/C33H26BrN3O8S/c1-4-13-36-23-12-9-20(34)17-22(23)26(29(36)38)28-30(39)37-27(25(18(2)35-33(37)46-28)32(41)44-16-15-42-3)19-7-10-21(11-8-19)45-31(40)24-6-5-14-43-24/h4-12,14,17,27H,1,13,15-16H2,2-3H3/b28-26-/t27-/m0/s1. The summed E-state index contributed by atoms with van der Waals surface area (Å²) in [5, 5.41) is 0. The summed E-state index contributed by atoms with van der Waals surface area (Å²) in [5.74, 6) is -1.42. The van der Waals surface area contributed by atoms with Crippen LogP contribution in [0.25, 0.3) is 5.57 Å². The lowest BCUT2D eigenvalue weighted by atomic mass is 9.96. The first-order chi connectivity index (χ1) is 22.2. The molecule has 11 nitrogen and oxygen atoms in total. The maximum absolute atomic E-state index is 14.4. The Balaban J connectivity index is 1.50. The number of hydrogen-bond acceptors (Lipinski definition) is 10. The molecule has 0 bridgehead atoms. The van der Waals surface area contributed by atoms with Crippen LogP contribution < -0.4 is 24.5 Å². The van der Waals surface area contributed by atoms with Gasteiger partial charge in [-0.15, -0.1) is 6.58 Å². The number of aromatic nitrogens is 1. The summed E-state index contributed by atoms with van der Waals surface area (Å²) in [6.45, 7) is 5.87. The van der Waals surface area contributed by atoms with Gasteiger partial charge in [-0.1, -0.05) is 45.5 Å². The van der Waals surface area contributed by atoms with Gasteiger partial charge >= 0.3 is 11.9 Å². The van der Waals surface area contributed by atoms with Gasteiger partial charge in [-0.2, -0.15) is 0 Å². The van der Waals surface area contributed by atoms with Gasteiger partial charge in [0.1, 0.15) is 16.9 Å². The third-order valence-electron chi connectivity index (χ3n) is 7.38. The lowest BCUT2D eigenvalue weighted by Crippen LogP contribution is -2.41. The SMILES string of the molecule is C=CCN1C(=O)/C(=c2\sc3n(c2=O)[C@@H](c2ccc(OC(=O)c4ccco4)cc2)C(C(=O)OCCOC)=C(C)N=3)c2cc(Br)ccc21. The fraction of sp³-hybridized carbons (Fsp3) is 0.182. The molecule has 2 aromatic carbocycles. The van der Waals surface area contributed by atoms with E-state index in [1.165, 1.54) is 24.0 Å². The van der Waals surface area contributed by atoms with E-state index in [4.69, 9.17) is 18.6 Å². The number of rotatable bonds is 9. The van der Waals surface area contributed by atoms with Gasteiger partial charge in [0.2, 0.25) is 5.76 Å². The van der Waals surface area contributed by atoms with Gasteiger partial charge in [0.05, 0.1) is 41.4 Å². The fourth-order valence-corrected chi connectivity index (χ4v) is 6.85. The molecule has 1 atom stereocenters. The number of anilines is 1. The number of hydrogen-bond donors (Lipinski definition) is 0. The van der Waals surface area contributed by atoms with Crippen molar-refractivity contribution in [2.75, 3.05) is 31.8 Å². The fourth-order valence-electron chi connectivity index (χ4n) is 5.35. The van der Waals surface area contributed by atoms with Gasteiger partial charge in [-0.25, -0.2) is 14.6 Å². The lowest BCUT2D eigenvalue weighted by Gasteiger charge is -2.25. The van der Waals surface area contributed by atoms with Crippen LogP contribution in [-0.4, -0.2) is 49.3 Å². The zero-order chi connectivity index (χ0) is 32.5. The first-order valence-corrected chi connectivity index (χ1v) is 15.6. The van der Waals surface area contributed by atoms with Crippen molar-refractivity contribution < 1.29 is 33.0 Å². The van der Waals surface area contributed by atoms with Crippen LogP contribution in [0.15, 0.2) is 103 Å². The summed E-state index contributed by atoms with van der Waals surface area (Å²) < 4.78 is 23.4. The topological polar surface area (TPSA) is 130 Å². The van der Waals surface area contributed by atoms with E-state index in [1.54, 1.807) is 54.3 Å². The number of benzene rings is 2. The first-order valence-electron chi connectivity index (χ1n) is 14.0. The molecule has 46 heavy (non-hydrogen) atoms. The van der Waals surface area contributed by atoms with E-state index in [0.29, 0.717) is 27.3 Å². The van der Waals surface area contributed by atoms with Crippen LogP contribution in [0.2, 0.25) is 0 Å². The Hall–Kier alpha value is -4.85. The number of fused-ring (bicyclic) bond motifs is 2. The normalized spacial score (nSPS) is 16.5. The summed E-state index contributed by atoms with van der Waals surface area (Å²) >= 11 is 4.56. The number of halogens is 1. The van der Waals surface area contributed by atoms with Crippen molar-refractivity contribution in [2.45, 2.75) is 13.0 Å². The number of furan rings is 1. The average Bonchev–Trinajstić information content (AvgIpc) is 3.75. The molecule has 0 unspecified atom stereocenters. The van der Waals surface area contributed by atoms with E-state index in [2.05, 4.69) is 27.5 Å². The maximum Gasteiger partial charge on any atom is 0.379 e. The van der Waals surface area contributed by atoms with E-state index in [9.17, 15) is 19.2 Å². The van der Waals surface area contributed by atoms with Gasteiger partial charge in [0.25, 0.3) is 11.5 Å². The van der Waals surface area contributed by atoms with E-state index in [1.807, 2.05) is 12.1 Å². The minimum absolute atomic E-state index is 0.00558. The van der Waals surface area contributed by atoms with Crippen LogP contribution in [0, 0.1) is 0 Å². The number of nitrogens with zero attached hydrogens (tertiary/aromatic N) is 3. The Bertz CT molecular complexity index is 2090. The molecule has 13 heteroatoms. The first kappa shape index (κ1) is 31.1. The van der Waals surface area contributed by atoms with E-state index in [0.717, 1.165) is 15.8 Å². The number of esters is 2. The minimum atomic E-state index is -0.960. The summed E-state index contributed by atoms with van der Waals surface area (Å²) in [5.41, 5.74) is 2.03. The zero-order valence-corrected chi connectivity index (χ0v) is 27.1. The largest absolute Gasteiger partial charge is 0.460 e. The van der Waals surface area contributed by atoms with E-state index >= 15 is 0 Å². The predicted octanol–water partition coefficient (Wildman–Crippen LogP) is 3.90. The number of carbonyl (C=O) groups excluding carboxylic acids is 3. The second kappa shape index (κ2) is 12.9.